The molecule has 0 amide bonds. The van der Waals surface area contributed by atoms with Crippen LogP contribution in [0.2, 0.25) is 5.02 Å². The van der Waals surface area contributed by atoms with E-state index in [0.717, 1.165) is 16.5 Å². The van der Waals surface area contributed by atoms with E-state index in [1.54, 1.807) is 31.2 Å². The normalized spacial score (nSPS) is 14.2. The van der Waals surface area contributed by atoms with Crippen molar-refractivity contribution in [1.82, 2.24) is 19.6 Å². The number of esters is 1. The summed E-state index contributed by atoms with van der Waals surface area (Å²) >= 11 is 6.04. The first kappa shape index (κ1) is 32.4. The summed E-state index contributed by atoms with van der Waals surface area (Å²) in [4.78, 5) is 22.2. The van der Waals surface area contributed by atoms with Gasteiger partial charge in [0.2, 0.25) is 0 Å². The Kier molecular flexibility index (Phi) is 10.4. The lowest BCUT2D eigenvalue weighted by molar-refractivity contribution is -0.146. The number of pyridine rings is 1. The fourth-order valence-corrected chi connectivity index (χ4v) is 6.59. The van der Waals surface area contributed by atoms with Gasteiger partial charge in [-0.15, -0.1) is 0 Å². The summed E-state index contributed by atoms with van der Waals surface area (Å²) < 4.78 is 39.4. The van der Waals surface area contributed by atoms with Crippen molar-refractivity contribution in [2.75, 3.05) is 12.3 Å². The lowest BCUT2D eigenvalue weighted by atomic mass is 10.2. The molecule has 0 bridgehead atoms. The first-order valence-corrected chi connectivity index (χ1v) is 16.4. The van der Waals surface area contributed by atoms with Crippen LogP contribution in [0.25, 0.3) is 21.9 Å². The number of nitrogens with zero attached hydrogens (tertiary/aromatic N) is 3. The fourth-order valence-electron chi connectivity index (χ4n) is 4.79. The molecular weight excluding hydrogens is 617 g/mol. The second-order valence-corrected chi connectivity index (χ2v) is 12.5. The molecule has 0 spiro atoms. The van der Waals surface area contributed by atoms with Crippen LogP contribution in [-0.2, 0) is 43.1 Å². The molecule has 236 valence electrons. The molecule has 5 rings (SSSR count). The molecule has 2 aromatic heterocycles. The highest BCUT2D eigenvalue weighted by Gasteiger charge is 2.35. The van der Waals surface area contributed by atoms with Crippen molar-refractivity contribution in [3.05, 3.63) is 95.3 Å². The van der Waals surface area contributed by atoms with Crippen LogP contribution in [0.1, 0.15) is 32.2 Å². The fraction of sp³-hybridized carbons (Fsp3) is 0.281. The van der Waals surface area contributed by atoms with Crippen LogP contribution >= 0.6 is 19.3 Å². The van der Waals surface area contributed by atoms with Crippen LogP contribution in [0, 0.1) is 0 Å². The first-order chi connectivity index (χ1) is 21.7. The minimum absolute atomic E-state index is 0.0630. The first-order valence-electron chi connectivity index (χ1n) is 14.5. The smallest absolute Gasteiger partial charge is 0.459 e. The van der Waals surface area contributed by atoms with Crippen LogP contribution in [0.5, 0.6) is 5.75 Å². The lowest BCUT2D eigenvalue weighted by Gasteiger charge is -2.26. The number of rotatable bonds is 14. The van der Waals surface area contributed by atoms with E-state index >= 15 is 0 Å². The van der Waals surface area contributed by atoms with Gasteiger partial charge in [0.25, 0.3) is 0 Å². The topological polar surface area (TPSA) is 140 Å². The molecule has 13 heteroatoms. The van der Waals surface area contributed by atoms with Crippen molar-refractivity contribution in [2.24, 2.45) is 0 Å². The Morgan fingerprint density at radius 3 is 2.44 bits per heavy atom. The standard InChI is InChI=1S/C32H35ClN5O6P/c1-4-41-20-28-36-29-30(26-12-8-9-13-27(26)35-31(29)34)38(28)18-21(2)43-45(40,44-25-16-14-24(33)15-17-25)37-22(3)32(39)42-19-23-10-6-5-7-11-23/h5-17,21-22H,4,18-20H2,1-3H3,(H2,34,35)(H,37,40)/t21-,22+,45?/m1/s1. The summed E-state index contributed by atoms with van der Waals surface area (Å²) in [7, 11) is -4.19. The van der Waals surface area contributed by atoms with Gasteiger partial charge in [-0.1, -0.05) is 60.1 Å². The molecule has 0 radical (unpaired) electrons. The molecule has 0 fully saturated rings. The maximum Gasteiger partial charge on any atom is 0.459 e. The van der Waals surface area contributed by atoms with E-state index in [1.807, 2.05) is 66.1 Å². The summed E-state index contributed by atoms with van der Waals surface area (Å²) in [6.07, 6.45) is -0.714. The number of fused-ring (bicyclic) bond motifs is 3. The zero-order valence-corrected chi connectivity index (χ0v) is 26.8. The van der Waals surface area contributed by atoms with Gasteiger partial charge >= 0.3 is 13.7 Å². The number of nitrogens with one attached hydrogen (secondary N) is 1. The lowest BCUT2D eigenvalue weighted by Crippen LogP contribution is -2.36. The largest absolute Gasteiger partial charge is 0.460 e. The maximum absolute atomic E-state index is 14.3. The SMILES string of the molecule is CCOCc1nc2c(N)nc3ccccc3c2n1C[C@@H](C)OP(=O)(N[C@@H](C)C(=O)OCc1ccccc1)Oc1ccc(Cl)cc1. The highest BCUT2D eigenvalue weighted by Crippen LogP contribution is 2.46. The number of para-hydroxylation sites is 1. The van der Waals surface area contributed by atoms with E-state index in [2.05, 4.69) is 10.1 Å². The van der Waals surface area contributed by atoms with E-state index < -0.39 is 25.9 Å². The zero-order chi connectivity index (χ0) is 32.0. The van der Waals surface area contributed by atoms with E-state index in [0.29, 0.717) is 28.5 Å². The predicted octanol–water partition coefficient (Wildman–Crippen LogP) is 6.67. The molecule has 0 saturated carbocycles. The molecule has 3 N–H and O–H groups in total. The average molecular weight is 652 g/mol. The maximum atomic E-state index is 14.3. The summed E-state index contributed by atoms with van der Waals surface area (Å²) in [5.41, 5.74) is 9.14. The molecule has 3 aromatic carbocycles. The van der Waals surface area contributed by atoms with Gasteiger partial charge in [-0.3, -0.25) is 9.32 Å². The van der Waals surface area contributed by atoms with Crippen molar-refractivity contribution in [3.63, 3.8) is 0 Å². The van der Waals surface area contributed by atoms with E-state index in [4.69, 9.17) is 40.8 Å². The molecular formula is C32H35ClN5O6P. The van der Waals surface area contributed by atoms with Gasteiger partial charge in [0.05, 0.1) is 23.7 Å². The quantitative estimate of drug-likeness (QED) is 0.0988. The molecule has 2 heterocycles. The number of anilines is 1. The zero-order valence-electron chi connectivity index (χ0n) is 25.2. The van der Waals surface area contributed by atoms with E-state index in [9.17, 15) is 9.36 Å². The molecule has 45 heavy (non-hydrogen) atoms. The average Bonchev–Trinajstić information content (AvgIpc) is 3.38. The molecule has 0 aliphatic rings. The number of halogens is 1. The number of hydrogen-bond donors (Lipinski definition) is 2. The third kappa shape index (κ3) is 8.00. The van der Waals surface area contributed by atoms with Gasteiger partial charge in [-0.05, 0) is 56.7 Å². The van der Waals surface area contributed by atoms with Crippen LogP contribution in [-0.4, -0.2) is 39.3 Å². The highest BCUT2D eigenvalue weighted by molar-refractivity contribution is 7.52. The Bertz CT molecular complexity index is 1820. The number of ether oxygens (including phenoxy) is 2. The minimum atomic E-state index is -4.19. The number of carbonyl (C=O) groups excluding carboxylic acids is 1. The third-order valence-corrected chi connectivity index (χ3v) is 8.90. The van der Waals surface area contributed by atoms with Crippen LogP contribution in [0.3, 0.4) is 0 Å². The van der Waals surface area contributed by atoms with E-state index in [1.165, 1.54) is 6.92 Å². The van der Waals surface area contributed by atoms with E-state index in [-0.39, 0.29) is 31.3 Å². The summed E-state index contributed by atoms with van der Waals surface area (Å²) in [5, 5.41) is 4.08. The van der Waals surface area contributed by atoms with Gasteiger partial charge < -0.3 is 24.3 Å². The summed E-state index contributed by atoms with van der Waals surface area (Å²) in [5.74, 6) is 0.507. The second kappa shape index (κ2) is 14.4. The molecule has 3 atom stereocenters. The molecule has 0 aliphatic heterocycles. The second-order valence-electron chi connectivity index (χ2n) is 10.4. The summed E-state index contributed by atoms with van der Waals surface area (Å²) in [6, 6.07) is 22.2. The molecule has 0 aliphatic carbocycles. The number of nitrogen functional groups attached to an aromatic ring is 1. The number of nitrogens with two attached hydrogens (primary N) is 1. The van der Waals surface area contributed by atoms with Gasteiger partial charge in [0.1, 0.15) is 36.3 Å². The van der Waals surface area contributed by atoms with Crippen molar-refractivity contribution in [1.29, 1.82) is 0 Å². The Labute approximate surface area is 266 Å². The number of carbonyl (C=O) groups is 1. The number of hydrogen-bond acceptors (Lipinski definition) is 9. The molecule has 0 saturated heterocycles. The third-order valence-electron chi connectivity index (χ3n) is 6.85. The van der Waals surface area contributed by atoms with Gasteiger partial charge in [0.15, 0.2) is 5.82 Å². The number of benzene rings is 3. The monoisotopic (exact) mass is 651 g/mol. The van der Waals surface area contributed by atoms with Gasteiger partial charge in [0, 0.05) is 17.0 Å². The van der Waals surface area contributed by atoms with Crippen LogP contribution in [0.4, 0.5) is 5.82 Å². The van der Waals surface area contributed by atoms with Crippen molar-refractivity contribution < 1.29 is 27.9 Å². The molecule has 5 aromatic rings. The van der Waals surface area contributed by atoms with Crippen molar-refractivity contribution in [2.45, 2.75) is 52.7 Å². The molecule has 1 unspecified atom stereocenters. The van der Waals surface area contributed by atoms with Crippen LogP contribution < -0.4 is 15.3 Å². The van der Waals surface area contributed by atoms with Crippen molar-refractivity contribution in [3.8, 4) is 5.75 Å². The van der Waals surface area contributed by atoms with Gasteiger partial charge in [-0.25, -0.2) is 14.5 Å². The number of imidazole rings is 1. The Hall–Kier alpha value is -3.99. The predicted molar refractivity (Wildman–Crippen MR) is 174 cm³/mol. The Morgan fingerprint density at radius 1 is 1.00 bits per heavy atom. The highest BCUT2D eigenvalue weighted by atomic mass is 35.5. The minimum Gasteiger partial charge on any atom is -0.460 e. The summed E-state index contributed by atoms with van der Waals surface area (Å²) in [6.45, 7) is 6.14. The molecule has 11 nitrogen and oxygen atoms in total. The van der Waals surface area contributed by atoms with Gasteiger partial charge in [-0.2, -0.15) is 5.09 Å². The number of aromatic nitrogens is 3. The van der Waals surface area contributed by atoms with Crippen LogP contribution in [0.15, 0.2) is 78.9 Å². The van der Waals surface area contributed by atoms with Crippen molar-refractivity contribution >= 4 is 53.1 Å². The Morgan fingerprint density at radius 2 is 1.71 bits per heavy atom. The Balaban J connectivity index is 1.42.